The SMILES string of the molecule is CC(C)Cn1nc(C(=O)Nc2sc3c(c2C(N)=O)CCC3)c2ccccc2c1=O. The van der Waals surface area contributed by atoms with Crippen LogP contribution in [0.25, 0.3) is 10.8 Å². The second-order valence-corrected chi connectivity index (χ2v) is 8.76. The predicted molar refractivity (Wildman–Crippen MR) is 114 cm³/mol. The van der Waals surface area contributed by atoms with E-state index in [-0.39, 0.29) is 17.2 Å². The summed E-state index contributed by atoms with van der Waals surface area (Å²) in [7, 11) is 0. The number of rotatable bonds is 5. The molecule has 29 heavy (non-hydrogen) atoms. The van der Waals surface area contributed by atoms with Gasteiger partial charge in [-0.3, -0.25) is 14.4 Å². The number of benzene rings is 1. The molecule has 0 saturated carbocycles. The van der Waals surface area contributed by atoms with E-state index in [1.165, 1.54) is 16.0 Å². The third-order valence-corrected chi connectivity index (χ3v) is 6.22. The summed E-state index contributed by atoms with van der Waals surface area (Å²) in [5, 5.41) is 8.57. The standard InChI is InChI=1S/C21H22N4O3S/c1-11(2)10-25-21(28)13-7-4-3-6-12(13)17(24-25)19(27)23-20-16(18(22)26)14-8-5-9-15(14)29-20/h3-4,6-7,11H,5,8-10H2,1-2H3,(H2,22,26)(H,23,27). The number of anilines is 1. The zero-order valence-electron chi connectivity index (χ0n) is 16.3. The zero-order chi connectivity index (χ0) is 20.7. The van der Waals surface area contributed by atoms with Crippen LogP contribution >= 0.6 is 11.3 Å². The minimum absolute atomic E-state index is 0.157. The molecule has 8 heteroatoms. The number of fused-ring (bicyclic) bond motifs is 2. The minimum atomic E-state index is -0.540. The molecule has 1 aliphatic rings. The number of thiophene rings is 1. The summed E-state index contributed by atoms with van der Waals surface area (Å²) in [6.07, 6.45) is 2.67. The molecule has 0 bridgehead atoms. The van der Waals surface area contributed by atoms with E-state index in [0.29, 0.717) is 27.9 Å². The molecule has 0 fully saturated rings. The molecule has 0 saturated heterocycles. The van der Waals surface area contributed by atoms with E-state index in [2.05, 4.69) is 10.4 Å². The Kier molecular flexibility index (Phi) is 4.96. The second kappa shape index (κ2) is 7.44. The molecule has 1 aromatic carbocycles. The fourth-order valence-corrected chi connectivity index (χ4v) is 5.08. The van der Waals surface area contributed by atoms with Crippen molar-refractivity contribution in [2.75, 3.05) is 5.32 Å². The van der Waals surface area contributed by atoms with Gasteiger partial charge in [-0.25, -0.2) is 4.68 Å². The van der Waals surface area contributed by atoms with Crippen molar-refractivity contribution in [1.29, 1.82) is 0 Å². The van der Waals surface area contributed by atoms with Gasteiger partial charge in [0.1, 0.15) is 5.00 Å². The van der Waals surface area contributed by atoms with Crippen LogP contribution in [0.4, 0.5) is 5.00 Å². The topological polar surface area (TPSA) is 107 Å². The number of carbonyl (C=O) groups excluding carboxylic acids is 2. The van der Waals surface area contributed by atoms with E-state index in [0.717, 1.165) is 29.7 Å². The van der Waals surface area contributed by atoms with E-state index in [1.54, 1.807) is 24.3 Å². The minimum Gasteiger partial charge on any atom is -0.365 e. The zero-order valence-corrected chi connectivity index (χ0v) is 17.1. The van der Waals surface area contributed by atoms with Crippen LogP contribution in [-0.4, -0.2) is 21.6 Å². The van der Waals surface area contributed by atoms with Crippen LogP contribution in [0.1, 0.15) is 51.6 Å². The maximum Gasteiger partial charge on any atom is 0.277 e. The molecule has 150 valence electrons. The summed E-state index contributed by atoms with van der Waals surface area (Å²) >= 11 is 1.39. The molecule has 0 atom stereocenters. The quantitative estimate of drug-likeness (QED) is 0.674. The average Bonchev–Trinajstić information content (AvgIpc) is 3.24. The summed E-state index contributed by atoms with van der Waals surface area (Å²) in [6, 6.07) is 6.94. The number of nitrogens with one attached hydrogen (secondary N) is 1. The normalized spacial score (nSPS) is 13.1. The maximum absolute atomic E-state index is 13.1. The molecule has 7 nitrogen and oxygen atoms in total. The average molecular weight is 410 g/mol. The fourth-order valence-electron chi connectivity index (χ4n) is 3.79. The Labute approximate surface area is 171 Å². The van der Waals surface area contributed by atoms with E-state index in [9.17, 15) is 14.4 Å². The van der Waals surface area contributed by atoms with Crippen molar-refractivity contribution < 1.29 is 9.59 Å². The molecular formula is C21H22N4O3S. The third kappa shape index (κ3) is 3.44. The molecule has 0 spiro atoms. The van der Waals surface area contributed by atoms with Gasteiger partial charge in [0, 0.05) is 16.8 Å². The van der Waals surface area contributed by atoms with E-state index in [4.69, 9.17) is 5.73 Å². The molecule has 3 N–H and O–H groups in total. The predicted octanol–water partition coefficient (Wildman–Crippen LogP) is 2.95. The molecule has 0 aliphatic heterocycles. The highest BCUT2D eigenvalue weighted by molar-refractivity contribution is 7.17. The highest BCUT2D eigenvalue weighted by Crippen LogP contribution is 2.39. The van der Waals surface area contributed by atoms with Crippen molar-refractivity contribution >= 4 is 38.9 Å². The highest BCUT2D eigenvalue weighted by atomic mass is 32.1. The van der Waals surface area contributed by atoms with Gasteiger partial charge >= 0.3 is 0 Å². The maximum atomic E-state index is 13.1. The van der Waals surface area contributed by atoms with Crippen molar-refractivity contribution in [3.8, 4) is 0 Å². The van der Waals surface area contributed by atoms with Crippen molar-refractivity contribution in [3.63, 3.8) is 0 Å². The summed E-state index contributed by atoms with van der Waals surface area (Å²) < 4.78 is 1.34. The first-order valence-corrected chi connectivity index (χ1v) is 10.4. The van der Waals surface area contributed by atoms with Crippen LogP contribution in [0.15, 0.2) is 29.1 Å². The Balaban J connectivity index is 1.79. The van der Waals surface area contributed by atoms with Crippen molar-refractivity contribution in [2.45, 2.75) is 39.7 Å². The Morgan fingerprint density at radius 2 is 1.97 bits per heavy atom. The molecule has 0 unspecified atom stereocenters. The number of amides is 2. The van der Waals surface area contributed by atoms with Gasteiger partial charge < -0.3 is 11.1 Å². The van der Waals surface area contributed by atoms with Crippen molar-refractivity contribution in [2.24, 2.45) is 11.7 Å². The number of nitrogens with two attached hydrogens (primary N) is 1. The van der Waals surface area contributed by atoms with Gasteiger partial charge in [0.05, 0.1) is 10.9 Å². The lowest BCUT2D eigenvalue weighted by atomic mass is 10.1. The van der Waals surface area contributed by atoms with Gasteiger partial charge in [-0.05, 0) is 36.8 Å². The molecule has 0 radical (unpaired) electrons. The van der Waals surface area contributed by atoms with Crippen LogP contribution in [0, 0.1) is 5.92 Å². The largest absolute Gasteiger partial charge is 0.365 e. The molecular weight excluding hydrogens is 388 g/mol. The third-order valence-electron chi connectivity index (χ3n) is 5.02. The highest BCUT2D eigenvalue weighted by Gasteiger charge is 2.27. The Morgan fingerprint density at radius 1 is 1.24 bits per heavy atom. The van der Waals surface area contributed by atoms with E-state index < -0.39 is 11.8 Å². The lowest BCUT2D eigenvalue weighted by Crippen LogP contribution is -2.29. The summed E-state index contributed by atoms with van der Waals surface area (Å²) in [5.41, 5.74) is 6.87. The smallest absolute Gasteiger partial charge is 0.277 e. The summed E-state index contributed by atoms with van der Waals surface area (Å²) in [6.45, 7) is 4.37. The fraction of sp³-hybridized carbons (Fsp3) is 0.333. The summed E-state index contributed by atoms with van der Waals surface area (Å²) in [4.78, 5) is 39.0. The van der Waals surface area contributed by atoms with Gasteiger partial charge in [-0.2, -0.15) is 5.10 Å². The first-order valence-electron chi connectivity index (χ1n) is 9.62. The number of aromatic nitrogens is 2. The number of hydrogen-bond donors (Lipinski definition) is 2. The number of aryl methyl sites for hydroxylation is 1. The van der Waals surface area contributed by atoms with Crippen LogP contribution in [0.3, 0.4) is 0 Å². The van der Waals surface area contributed by atoms with Gasteiger partial charge in [-0.15, -0.1) is 11.3 Å². The summed E-state index contributed by atoms with van der Waals surface area (Å²) in [5.74, 6) is -0.803. The molecule has 1 aliphatic carbocycles. The van der Waals surface area contributed by atoms with Crippen molar-refractivity contribution in [1.82, 2.24) is 9.78 Å². The van der Waals surface area contributed by atoms with Crippen LogP contribution in [-0.2, 0) is 19.4 Å². The molecule has 2 aromatic heterocycles. The molecule has 2 heterocycles. The van der Waals surface area contributed by atoms with Gasteiger partial charge in [0.25, 0.3) is 17.4 Å². The van der Waals surface area contributed by atoms with Crippen LogP contribution < -0.4 is 16.6 Å². The molecule has 2 amide bonds. The van der Waals surface area contributed by atoms with Crippen molar-refractivity contribution in [3.05, 3.63) is 56.3 Å². The Morgan fingerprint density at radius 3 is 2.66 bits per heavy atom. The number of nitrogens with zero attached hydrogens (tertiary/aromatic N) is 2. The second-order valence-electron chi connectivity index (χ2n) is 7.66. The molecule has 3 aromatic rings. The van der Waals surface area contributed by atoms with E-state index in [1.807, 2.05) is 13.8 Å². The van der Waals surface area contributed by atoms with Crippen LogP contribution in [0.5, 0.6) is 0 Å². The Hall–Kier alpha value is -3.00. The number of primary amides is 1. The van der Waals surface area contributed by atoms with Gasteiger partial charge in [0.15, 0.2) is 5.69 Å². The van der Waals surface area contributed by atoms with Gasteiger partial charge in [-0.1, -0.05) is 32.0 Å². The van der Waals surface area contributed by atoms with E-state index >= 15 is 0 Å². The first-order chi connectivity index (χ1) is 13.9. The molecule has 4 rings (SSSR count). The number of carbonyl (C=O) groups is 2. The lowest BCUT2D eigenvalue weighted by Gasteiger charge is -2.12. The number of hydrogen-bond acceptors (Lipinski definition) is 5. The van der Waals surface area contributed by atoms with Gasteiger partial charge in [0.2, 0.25) is 0 Å². The lowest BCUT2D eigenvalue weighted by molar-refractivity contribution is 0.100. The monoisotopic (exact) mass is 410 g/mol. The Bertz CT molecular complexity index is 1190. The first kappa shape index (κ1) is 19.3. The van der Waals surface area contributed by atoms with Crippen LogP contribution in [0.2, 0.25) is 0 Å².